The van der Waals surface area contributed by atoms with Gasteiger partial charge in [0.15, 0.2) is 0 Å². The lowest BCUT2D eigenvalue weighted by Crippen LogP contribution is -2.12. The van der Waals surface area contributed by atoms with Gasteiger partial charge < -0.3 is 0 Å². The van der Waals surface area contributed by atoms with Crippen LogP contribution in [0.4, 0.5) is 0 Å². The Morgan fingerprint density at radius 3 is 1.48 bits per heavy atom. The molecule has 5 unspecified atom stereocenters. The van der Waals surface area contributed by atoms with Crippen LogP contribution in [0.25, 0.3) is 11.1 Å². The van der Waals surface area contributed by atoms with Gasteiger partial charge in [0.05, 0.1) is 0 Å². The van der Waals surface area contributed by atoms with Crippen LogP contribution in [0.5, 0.6) is 0 Å². The summed E-state index contributed by atoms with van der Waals surface area (Å²) < 4.78 is 0. The molecule has 0 aliphatic carbocycles. The van der Waals surface area contributed by atoms with Gasteiger partial charge in [-0.2, -0.15) is 0 Å². The summed E-state index contributed by atoms with van der Waals surface area (Å²) in [6.45, 7) is 0. The van der Waals surface area contributed by atoms with Gasteiger partial charge in [-0.15, -0.1) is 0 Å². The minimum atomic E-state index is -0.401. The lowest BCUT2D eigenvalue weighted by atomic mass is 10.1. The normalized spacial score (nSPS) is 22.6. The first-order valence-corrected chi connectivity index (χ1v) is 24.8. The summed E-state index contributed by atoms with van der Waals surface area (Å²) in [4.78, 5) is 0. The van der Waals surface area contributed by atoms with Crippen LogP contribution in [0.3, 0.4) is 0 Å². The Kier molecular flexibility index (Phi) is 11.4. The first-order valence-electron chi connectivity index (χ1n) is 15.1. The molecule has 42 heavy (non-hydrogen) atoms. The molecule has 0 spiro atoms. The number of rotatable bonds is 5. The van der Waals surface area contributed by atoms with Crippen molar-refractivity contribution in [1.82, 2.24) is 0 Å². The molecule has 0 amide bonds. The van der Waals surface area contributed by atoms with E-state index in [0.717, 1.165) is 8.27 Å². The van der Waals surface area contributed by atoms with Crippen LogP contribution in [0.15, 0.2) is 146 Å². The molecule has 6 rings (SSSR count). The summed E-state index contributed by atoms with van der Waals surface area (Å²) in [6, 6.07) is 55.9. The molecule has 1 aliphatic rings. The van der Waals surface area contributed by atoms with E-state index in [2.05, 4.69) is 146 Å². The second kappa shape index (κ2) is 15.8. The highest BCUT2D eigenvalue weighted by Crippen LogP contribution is 2.98. The van der Waals surface area contributed by atoms with Crippen molar-refractivity contribution in [3.8, 4) is 11.1 Å². The highest BCUT2D eigenvalue weighted by atomic mass is 32.8. The lowest BCUT2D eigenvalue weighted by Gasteiger charge is -2.40. The number of hydrogen-bond acceptors (Lipinski definition) is 0. The lowest BCUT2D eigenvalue weighted by molar-refractivity contribution is 0.662. The van der Waals surface area contributed by atoms with Crippen molar-refractivity contribution in [2.45, 2.75) is 32.1 Å². The Hall–Kier alpha value is -1.75. The second-order valence-corrected chi connectivity index (χ2v) is 29.3. The van der Waals surface area contributed by atoms with E-state index in [9.17, 15) is 0 Å². The molecule has 5 aromatic rings. The molecule has 0 aromatic heterocycles. The van der Waals surface area contributed by atoms with Gasteiger partial charge in [-0.25, -0.2) is 0 Å². The zero-order valence-electron chi connectivity index (χ0n) is 24.1. The molecule has 0 nitrogen and oxygen atoms in total. The number of benzene rings is 5. The molecular weight excluding hydrogens is 599 g/mol. The average molecular weight is 639 g/mol. The van der Waals surface area contributed by atoms with E-state index >= 15 is 0 Å². The van der Waals surface area contributed by atoms with Crippen LogP contribution in [0.2, 0.25) is 0 Å². The van der Waals surface area contributed by atoms with Crippen LogP contribution in [-0.4, -0.2) is 12.3 Å². The average Bonchev–Trinajstić information content (AvgIpc) is 3.06. The van der Waals surface area contributed by atoms with Gasteiger partial charge in [0.1, 0.15) is 0 Å². The smallest absolute Gasteiger partial charge is 0.00694 e. The highest BCUT2D eigenvalue weighted by molar-refractivity contribution is 8.89. The Bertz CT molecular complexity index is 1480. The first-order chi connectivity index (χ1) is 20.9. The summed E-state index contributed by atoms with van der Waals surface area (Å²) >= 11 is 0. The third-order valence-electron chi connectivity index (χ3n) is 7.65. The van der Waals surface area contributed by atoms with Crippen molar-refractivity contribution in [2.75, 3.05) is 12.3 Å². The molecule has 1 heterocycles. The van der Waals surface area contributed by atoms with E-state index in [1.165, 1.54) is 55.6 Å². The molecule has 1 saturated heterocycles. The molecule has 0 saturated carbocycles. The largest absolute Gasteiger partial charge is 0.0862 e. The summed E-state index contributed by atoms with van der Waals surface area (Å²) in [5.74, 6) is 0. The van der Waals surface area contributed by atoms with Crippen molar-refractivity contribution >= 4 is 59.0 Å². The van der Waals surface area contributed by atoms with Gasteiger partial charge in [0.25, 0.3) is 0 Å². The van der Waals surface area contributed by atoms with Crippen molar-refractivity contribution in [3.63, 3.8) is 0 Å². The standard InChI is InChI=1S/C37H39P5/c1-2-16-30-38-40(35-20-10-5-11-21-35)42(37-24-14-7-15-25-37)41(36-22-12-6-13-23-36)39(31-17-3-1)34-28-26-33(27-29-34)32-18-8-4-9-19-32/h4-15,18-29,38H,1-3,16-17,30-31H2. The van der Waals surface area contributed by atoms with E-state index < -0.39 is 7.30 Å². The molecule has 0 N–H and O–H groups in total. The summed E-state index contributed by atoms with van der Waals surface area (Å²) in [6.07, 6.45) is 9.62. The summed E-state index contributed by atoms with van der Waals surface area (Å²) in [5, 5.41) is 6.46. The van der Waals surface area contributed by atoms with Gasteiger partial charge in [-0.3, -0.25) is 0 Å². The fraction of sp³-hybridized carbons (Fsp3) is 0.189. The van der Waals surface area contributed by atoms with Crippen molar-refractivity contribution in [2.24, 2.45) is 0 Å². The van der Waals surface area contributed by atoms with E-state index in [0.29, 0.717) is 0 Å². The monoisotopic (exact) mass is 638 g/mol. The molecular formula is C37H39P5. The molecule has 5 aromatic carbocycles. The maximum Gasteiger partial charge on any atom is -0.00694 e. The van der Waals surface area contributed by atoms with Crippen molar-refractivity contribution in [1.29, 1.82) is 0 Å². The summed E-state index contributed by atoms with van der Waals surface area (Å²) in [5.41, 5.74) is 2.63. The zero-order chi connectivity index (χ0) is 28.4. The molecule has 5 atom stereocenters. The molecule has 5 heteroatoms. The SMILES string of the molecule is c1ccc(-c2ccc(P3CCCCCCCPP(c4ccccc4)P(c4ccccc4)P3c3ccccc3)cc2)cc1. The van der Waals surface area contributed by atoms with Gasteiger partial charge in [-0.1, -0.05) is 173 Å². The Morgan fingerprint density at radius 2 is 0.857 bits per heavy atom. The fourth-order valence-corrected chi connectivity index (χ4v) is 44.1. The minimum Gasteiger partial charge on any atom is -0.0862 e. The van der Waals surface area contributed by atoms with Crippen LogP contribution in [-0.2, 0) is 0 Å². The first kappa shape index (κ1) is 30.3. The molecule has 1 fully saturated rings. The maximum atomic E-state index is 2.50. The molecule has 0 radical (unpaired) electrons. The molecule has 212 valence electrons. The van der Waals surface area contributed by atoms with Gasteiger partial charge >= 0.3 is 0 Å². The second-order valence-electron chi connectivity index (χ2n) is 10.6. The minimum absolute atomic E-state index is 0.284. The van der Waals surface area contributed by atoms with E-state index in [-0.39, 0.29) is 22.2 Å². The van der Waals surface area contributed by atoms with Crippen molar-refractivity contribution < 1.29 is 0 Å². The summed E-state index contributed by atoms with van der Waals surface area (Å²) in [7, 11) is -0.385. The predicted molar refractivity (Wildman–Crippen MR) is 199 cm³/mol. The molecule has 0 bridgehead atoms. The predicted octanol–water partition coefficient (Wildman–Crippen LogP) is 11.2. The Morgan fingerprint density at radius 1 is 0.381 bits per heavy atom. The maximum absolute atomic E-state index is 2.50. The topological polar surface area (TPSA) is 0 Å². The van der Waals surface area contributed by atoms with E-state index in [4.69, 9.17) is 0 Å². The van der Waals surface area contributed by atoms with E-state index in [1.807, 2.05) is 0 Å². The van der Waals surface area contributed by atoms with Crippen molar-refractivity contribution in [3.05, 3.63) is 146 Å². The number of hydrogen-bond donors (Lipinski definition) is 0. The zero-order valence-corrected chi connectivity index (χ0v) is 28.7. The highest BCUT2D eigenvalue weighted by Gasteiger charge is 2.38. The quantitative estimate of drug-likeness (QED) is 0.168. The van der Waals surface area contributed by atoms with Gasteiger partial charge in [-0.05, 0) is 87.0 Å². The fourth-order valence-electron chi connectivity index (χ4n) is 5.51. The third-order valence-corrected chi connectivity index (χ3v) is 37.0. The molecule has 1 aliphatic heterocycles. The Balaban J connectivity index is 1.52. The van der Waals surface area contributed by atoms with Crippen LogP contribution in [0, 0.1) is 0 Å². The van der Waals surface area contributed by atoms with Gasteiger partial charge in [0, 0.05) is 0 Å². The Labute approximate surface area is 259 Å². The van der Waals surface area contributed by atoms with Crippen LogP contribution < -0.4 is 21.2 Å². The van der Waals surface area contributed by atoms with E-state index in [1.54, 1.807) is 21.2 Å². The van der Waals surface area contributed by atoms with Gasteiger partial charge in [0.2, 0.25) is 0 Å². The van der Waals surface area contributed by atoms with Crippen LogP contribution in [0.1, 0.15) is 32.1 Å². The third kappa shape index (κ3) is 7.66. The van der Waals surface area contributed by atoms with Crippen LogP contribution >= 0.6 is 37.8 Å².